The molecule has 0 aliphatic heterocycles. The summed E-state index contributed by atoms with van der Waals surface area (Å²) in [7, 11) is 0. The third-order valence-electron chi connectivity index (χ3n) is 3.53. The SMILES string of the molecule is C=CC(NC(N)=O)c1nc2cc[nH]c2nc1-c1cccc(C)c1. The zero-order valence-electron chi connectivity index (χ0n) is 12.7. The second-order valence-electron chi connectivity index (χ2n) is 5.26. The molecule has 116 valence electrons. The normalized spacial score (nSPS) is 12.0. The van der Waals surface area contributed by atoms with Gasteiger partial charge in [0.2, 0.25) is 0 Å². The Hall–Kier alpha value is -3.15. The molecule has 0 saturated heterocycles. The van der Waals surface area contributed by atoms with E-state index in [1.54, 1.807) is 12.3 Å². The molecule has 1 unspecified atom stereocenters. The number of rotatable bonds is 4. The van der Waals surface area contributed by atoms with Gasteiger partial charge in [-0.1, -0.05) is 29.8 Å². The Morgan fingerprint density at radius 2 is 2.22 bits per heavy atom. The van der Waals surface area contributed by atoms with Crippen LogP contribution in [0.1, 0.15) is 17.3 Å². The first-order chi connectivity index (χ1) is 11.1. The third kappa shape index (κ3) is 2.91. The van der Waals surface area contributed by atoms with Crippen LogP contribution in [0.4, 0.5) is 4.79 Å². The molecule has 3 aromatic rings. The van der Waals surface area contributed by atoms with E-state index in [4.69, 9.17) is 5.73 Å². The van der Waals surface area contributed by atoms with E-state index in [0.29, 0.717) is 17.0 Å². The number of aromatic nitrogens is 3. The summed E-state index contributed by atoms with van der Waals surface area (Å²) in [5.41, 5.74) is 9.98. The average molecular weight is 307 g/mol. The first kappa shape index (κ1) is 14.8. The van der Waals surface area contributed by atoms with E-state index in [-0.39, 0.29) is 0 Å². The number of hydrogen-bond donors (Lipinski definition) is 3. The number of carbonyl (C=O) groups is 1. The number of hydrogen-bond acceptors (Lipinski definition) is 3. The van der Waals surface area contributed by atoms with Crippen molar-refractivity contribution in [3.63, 3.8) is 0 Å². The van der Waals surface area contributed by atoms with Crippen LogP contribution in [0.2, 0.25) is 0 Å². The van der Waals surface area contributed by atoms with E-state index in [1.807, 2.05) is 37.3 Å². The number of carbonyl (C=O) groups excluding carboxylic acids is 1. The van der Waals surface area contributed by atoms with Crippen LogP contribution in [-0.2, 0) is 0 Å². The molecule has 2 aromatic heterocycles. The van der Waals surface area contributed by atoms with Crippen LogP contribution >= 0.6 is 0 Å². The lowest BCUT2D eigenvalue weighted by molar-refractivity contribution is 0.247. The molecule has 2 heterocycles. The molecule has 0 saturated carbocycles. The number of nitrogens with zero attached hydrogens (tertiary/aromatic N) is 2. The van der Waals surface area contributed by atoms with Crippen LogP contribution < -0.4 is 11.1 Å². The molecule has 3 rings (SSSR count). The first-order valence-electron chi connectivity index (χ1n) is 7.19. The van der Waals surface area contributed by atoms with Gasteiger partial charge in [-0.25, -0.2) is 14.8 Å². The van der Waals surface area contributed by atoms with Crippen LogP contribution in [0.15, 0.2) is 49.2 Å². The Kier molecular flexibility index (Phi) is 3.80. The van der Waals surface area contributed by atoms with E-state index >= 15 is 0 Å². The van der Waals surface area contributed by atoms with Crippen molar-refractivity contribution in [3.8, 4) is 11.3 Å². The molecule has 6 nitrogen and oxygen atoms in total. The van der Waals surface area contributed by atoms with Crippen molar-refractivity contribution in [2.45, 2.75) is 13.0 Å². The average Bonchev–Trinajstić information content (AvgIpc) is 2.98. The number of H-pyrrole nitrogens is 1. The van der Waals surface area contributed by atoms with Crippen LogP contribution in [0.5, 0.6) is 0 Å². The number of aromatic amines is 1. The summed E-state index contributed by atoms with van der Waals surface area (Å²) < 4.78 is 0. The van der Waals surface area contributed by atoms with Gasteiger partial charge in [0.1, 0.15) is 5.52 Å². The summed E-state index contributed by atoms with van der Waals surface area (Å²) >= 11 is 0. The van der Waals surface area contributed by atoms with E-state index in [0.717, 1.165) is 16.6 Å². The number of urea groups is 1. The molecule has 1 atom stereocenters. The van der Waals surface area contributed by atoms with E-state index in [1.165, 1.54) is 0 Å². The standard InChI is InChI=1S/C17H17N5O/c1-3-12(21-17(18)23)15-14(11-6-4-5-10(2)9-11)22-16-13(20-15)7-8-19-16/h3-9,12H,1H2,2H3,(H,19,22)(H3,18,21,23). The highest BCUT2D eigenvalue weighted by molar-refractivity contribution is 5.78. The van der Waals surface area contributed by atoms with Gasteiger partial charge < -0.3 is 16.0 Å². The zero-order valence-corrected chi connectivity index (χ0v) is 12.7. The topological polar surface area (TPSA) is 96.7 Å². The fraction of sp³-hybridized carbons (Fsp3) is 0.118. The molecule has 0 spiro atoms. The van der Waals surface area contributed by atoms with Crippen molar-refractivity contribution in [2.75, 3.05) is 0 Å². The fourth-order valence-corrected chi connectivity index (χ4v) is 2.50. The van der Waals surface area contributed by atoms with Crippen molar-refractivity contribution in [2.24, 2.45) is 5.73 Å². The molecular weight excluding hydrogens is 290 g/mol. The smallest absolute Gasteiger partial charge is 0.312 e. The summed E-state index contributed by atoms with van der Waals surface area (Å²) in [4.78, 5) is 23.6. The summed E-state index contributed by atoms with van der Waals surface area (Å²) in [5, 5.41) is 2.64. The number of primary amides is 1. The fourth-order valence-electron chi connectivity index (χ4n) is 2.50. The highest BCUT2D eigenvalue weighted by atomic mass is 16.2. The second-order valence-corrected chi connectivity index (χ2v) is 5.26. The molecule has 4 N–H and O–H groups in total. The predicted molar refractivity (Wildman–Crippen MR) is 89.7 cm³/mol. The highest BCUT2D eigenvalue weighted by Gasteiger charge is 2.19. The van der Waals surface area contributed by atoms with Crippen LogP contribution in [0.3, 0.4) is 0 Å². The Balaban J connectivity index is 2.23. The highest BCUT2D eigenvalue weighted by Crippen LogP contribution is 2.28. The van der Waals surface area contributed by atoms with E-state index < -0.39 is 12.1 Å². The van der Waals surface area contributed by atoms with Gasteiger partial charge in [0.25, 0.3) is 0 Å². The van der Waals surface area contributed by atoms with Gasteiger partial charge in [-0.3, -0.25) is 0 Å². The van der Waals surface area contributed by atoms with Crippen molar-refractivity contribution in [3.05, 3.63) is 60.4 Å². The van der Waals surface area contributed by atoms with Crippen molar-refractivity contribution >= 4 is 17.2 Å². The van der Waals surface area contributed by atoms with E-state index in [9.17, 15) is 4.79 Å². The number of amides is 2. The van der Waals surface area contributed by atoms with Crippen molar-refractivity contribution in [1.82, 2.24) is 20.3 Å². The molecule has 0 fully saturated rings. The molecule has 0 radical (unpaired) electrons. The van der Waals surface area contributed by atoms with E-state index in [2.05, 4.69) is 26.8 Å². The zero-order chi connectivity index (χ0) is 16.4. The quantitative estimate of drug-likeness (QED) is 0.646. The largest absolute Gasteiger partial charge is 0.352 e. The maximum Gasteiger partial charge on any atom is 0.312 e. The Bertz CT molecular complexity index is 884. The lowest BCUT2D eigenvalue weighted by Gasteiger charge is -2.16. The number of benzene rings is 1. The molecule has 0 aliphatic rings. The minimum absolute atomic E-state index is 0.519. The third-order valence-corrected chi connectivity index (χ3v) is 3.53. The van der Waals surface area contributed by atoms with Gasteiger partial charge in [0, 0.05) is 11.8 Å². The summed E-state index contributed by atoms with van der Waals surface area (Å²) in [6.07, 6.45) is 3.37. The van der Waals surface area contributed by atoms with Crippen molar-refractivity contribution in [1.29, 1.82) is 0 Å². The second kappa shape index (κ2) is 5.92. The molecule has 0 aliphatic carbocycles. The maximum absolute atomic E-state index is 11.3. The first-order valence-corrected chi connectivity index (χ1v) is 7.19. The van der Waals surface area contributed by atoms with Crippen LogP contribution in [-0.4, -0.2) is 21.0 Å². The minimum atomic E-state index is -0.638. The number of nitrogens with two attached hydrogens (primary N) is 1. The maximum atomic E-state index is 11.3. The van der Waals surface area contributed by atoms with Gasteiger partial charge in [0.15, 0.2) is 5.65 Å². The van der Waals surface area contributed by atoms with Crippen LogP contribution in [0.25, 0.3) is 22.4 Å². The summed E-state index contributed by atoms with van der Waals surface area (Å²) in [6, 6.07) is 8.62. The predicted octanol–water partition coefficient (Wildman–Crippen LogP) is 2.83. The Labute approximate surface area is 133 Å². The molecule has 23 heavy (non-hydrogen) atoms. The van der Waals surface area contributed by atoms with Gasteiger partial charge in [-0.2, -0.15) is 0 Å². The Morgan fingerprint density at radius 3 is 2.91 bits per heavy atom. The molecule has 0 bridgehead atoms. The molecule has 1 aromatic carbocycles. The van der Waals surface area contributed by atoms with Gasteiger partial charge in [0.05, 0.1) is 17.4 Å². The minimum Gasteiger partial charge on any atom is -0.352 e. The number of aryl methyl sites for hydroxylation is 1. The van der Waals surface area contributed by atoms with Gasteiger partial charge >= 0.3 is 6.03 Å². The van der Waals surface area contributed by atoms with Crippen LogP contribution in [0, 0.1) is 6.92 Å². The summed E-state index contributed by atoms with van der Waals surface area (Å²) in [5.74, 6) is 0. The molecular formula is C17H17N5O. The summed E-state index contributed by atoms with van der Waals surface area (Å²) in [6.45, 7) is 5.77. The molecule has 6 heteroatoms. The monoisotopic (exact) mass is 307 g/mol. The molecule has 2 amide bonds. The van der Waals surface area contributed by atoms with Crippen molar-refractivity contribution < 1.29 is 4.79 Å². The van der Waals surface area contributed by atoms with Gasteiger partial charge in [-0.15, -0.1) is 6.58 Å². The number of fused-ring (bicyclic) bond motifs is 1. The van der Waals surface area contributed by atoms with Gasteiger partial charge in [-0.05, 0) is 19.1 Å². The number of nitrogens with one attached hydrogen (secondary N) is 2. The lowest BCUT2D eigenvalue weighted by Crippen LogP contribution is -2.33. The Morgan fingerprint density at radius 1 is 1.39 bits per heavy atom. The lowest BCUT2D eigenvalue weighted by atomic mass is 10.0.